The molecule has 2 nitrogen and oxygen atoms in total. The van der Waals surface area contributed by atoms with Gasteiger partial charge in [-0.15, -0.1) is 0 Å². The summed E-state index contributed by atoms with van der Waals surface area (Å²) in [5, 5.41) is 3.68. The molecule has 2 aliphatic rings. The average Bonchev–Trinajstić information content (AvgIpc) is 2.99. The molecule has 1 fully saturated rings. The molecule has 35 heavy (non-hydrogen) atoms. The number of allylic oxidation sites excluding steroid dienone is 1. The van der Waals surface area contributed by atoms with Gasteiger partial charge in [0.2, 0.25) is 0 Å². The van der Waals surface area contributed by atoms with Crippen molar-refractivity contribution in [2.75, 3.05) is 13.1 Å². The molecule has 0 saturated carbocycles. The van der Waals surface area contributed by atoms with Gasteiger partial charge in [-0.3, -0.25) is 0 Å². The maximum absolute atomic E-state index is 4.50. The van der Waals surface area contributed by atoms with Crippen LogP contribution in [0.2, 0.25) is 0 Å². The van der Waals surface area contributed by atoms with Gasteiger partial charge in [-0.25, -0.2) is 0 Å². The molecule has 1 atom stereocenters. The molecule has 1 heterocycles. The summed E-state index contributed by atoms with van der Waals surface area (Å²) in [7, 11) is 0. The number of benzene rings is 2. The molecule has 4 rings (SSSR count). The van der Waals surface area contributed by atoms with E-state index < -0.39 is 0 Å². The Morgan fingerprint density at radius 2 is 1.46 bits per heavy atom. The van der Waals surface area contributed by atoms with Gasteiger partial charge in [0.1, 0.15) is 0 Å². The summed E-state index contributed by atoms with van der Waals surface area (Å²) < 4.78 is 0. The van der Waals surface area contributed by atoms with Crippen LogP contribution in [-0.2, 0) is 0 Å². The molecule has 0 aromatic heterocycles. The summed E-state index contributed by atoms with van der Waals surface area (Å²) in [6.07, 6.45) is 9.74. The van der Waals surface area contributed by atoms with E-state index in [0.29, 0.717) is 6.04 Å². The molecule has 1 saturated heterocycles. The lowest BCUT2D eigenvalue weighted by Gasteiger charge is -2.35. The minimum Gasteiger partial charge on any atom is -0.386 e. The van der Waals surface area contributed by atoms with E-state index in [1.54, 1.807) is 5.57 Å². The molecule has 0 bridgehead atoms. The summed E-state index contributed by atoms with van der Waals surface area (Å²) in [6, 6.07) is 18.1. The molecule has 2 heteroatoms. The summed E-state index contributed by atoms with van der Waals surface area (Å²) in [5.41, 5.74) is 11.0. The predicted molar refractivity (Wildman–Crippen MR) is 153 cm³/mol. The number of hydrogen-bond donors (Lipinski definition) is 1. The molecule has 0 radical (unpaired) electrons. The van der Waals surface area contributed by atoms with E-state index in [9.17, 15) is 0 Å². The third kappa shape index (κ3) is 6.17. The van der Waals surface area contributed by atoms with Crippen molar-refractivity contribution in [1.82, 2.24) is 10.2 Å². The Bertz CT molecular complexity index is 1080. The summed E-state index contributed by atoms with van der Waals surface area (Å²) in [6.45, 7) is 19.9. The molecule has 1 aliphatic heterocycles. The molecule has 0 spiro atoms. The predicted octanol–water partition coefficient (Wildman–Crippen LogP) is 8.29. The molecule has 0 amide bonds. The van der Waals surface area contributed by atoms with Crippen LogP contribution in [0, 0.1) is 5.41 Å². The van der Waals surface area contributed by atoms with E-state index in [1.807, 2.05) is 0 Å². The second-order valence-corrected chi connectivity index (χ2v) is 11.3. The quantitative estimate of drug-likeness (QED) is 0.377. The molecule has 1 unspecified atom stereocenters. The Labute approximate surface area is 213 Å². The van der Waals surface area contributed by atoms with Crippen molar-refractivity contribution in [3.05, 3.63) is 101 Å². The van der Waals surface area contributed by atoms with E-state index in [0.717, 1.165) is 50.9 Å². The maximum Gasteiger partial charge on any atom is 0.0309 e. The number of piperidine rings is 1. The van der Waals surface area contributed by atoms with Gasteiger partial charge in [0.25, 0.3) is 0 Å². The van der Waals surface area contributed by atoms with Crippen molar-refractivity contribution in [1.29, 1.82) is 0 Å². The van der Waals surface area contributed by atoms with Crippen LogP contribution in [0.5, 0.6) is 0 Å². The molecule has 184 valence electrons. The largest absolute Gasteiger partial charge is 0.386 e. The van der Waals surface area contributed by atoms with Crippen LogP contribution >= 0.6 is 0 Å². The number of nitrogens with zero attached hydrogens (tertiary/aromatic N) is 1. The van der Waals surface area contributed by atoms with Crippen molar-refractivity contribution in [3.63, 3.8) is 0 Å². The normalized spacial score (nSPS) is 16.3. The molecule has 1 N–H and O–H groups in total. The van der Waals surface area contributed by atoms with Crippen molar-refractivity contribution in [2.24, 2.45) is 5.41 Å². The molecular formula is C33H42N2. The Morgan fingerprint density at radius 3 is 1.97 bits per heavy atom. The molecular weight excluding hydrogens is 424 g/mol. The zero-order valence-corrected chi connectivity index (χ0v) is 22.2. The first-order chi connectivity index (χ1) is 16.7. The summed E-state index contributed by atoms with van der Waals surface area (Å²) >= 11 is 0. The van der Waals surface area contributed by atoms with Crippen LogP contribution in [0.25, 0.3) is 17.7 Å². The van der Waals surface area contributed by atoms with Gasteiger partial charge in [0, 0.05) is 36.9 Å². The highest BCUT2D eigenvalue weighted by molar-refractivity contribution is 5.94. The van der Waals surface area contributed by atoms with Crippen LogP contribution in [0.4, 0.5) is 0 Å². The Morgan fingerprint density at radius 1 is 0.914 bits per heavy atom. The topological polar surface area (TPSA) is 15.3 Å². The third-order valence-corrected chi connectivity index (χ3v) is 7.20. The van der Waals surface area contributed by atoms with Gasteiger partial charge in [0.15, 0.2) is 0 Å². The van der Waals surface area contributed by atoms with Gasteiger partial charge in [0.05, 0.1) is 0 Å². The average molecular weight is 467 g/mol. The fourth-order valence-corrected chi connectivity index (χ4v) is 5.48. The fraction of sp³-hybridized carbons (Fsp3) is 0.394. The number of fused-ring (bicyclic) bond motifs is 2. The second kappa shape index (κ2) is 10.7. The maximum atomic E-state index is 4.50. The SMILES string of the molecule is C=C(CC(C)(C)C)NC(CC)CC(=C)N1CCC(=C2c3ccccc3C=Cc3ccccc32)CC1. The zero-order valence-electron chi connectivity index (χ0n) is 22.2. The Balaban J connectivity index is 1.48. The molecule has 1 aliphatic carbocycles. The van der Waals surface area contributed by atoms with Gasteiger partial charge in [-0.05, 0) is 58.9 Å². The Kier molecular flexibility index (Phi) is 7.69. The van der Waals surface area contributed by atoms with E-state index in [-0.39, 0.29) is 5.41 Å². The minimum atomic E-state index is 0.251. The highest BCUT2D eigenvalue weighted by Crippen LogP contribution is 2.39. The van der Waals surface area contributed by atoms with Crippen molar-refractivity contribution >= 4 is 17.7 Å². The number of nitrogens with one attached hydrogen (secondary N) is 1. The van der Waals surface area contributed by atoms with Gasteiger partial charge in [-0.2, -0.15) is 0 Å². The zero-order chi connectivity index (χ0) is 25.0. The first kappa shape index (κ1) is 25.1. The second-order valence-electron chi connectivity index (χ2n) is 11.3. The van der Waals surface area contributed by atoms with Crippen LogP contribution in [0.3, 0.4) is 0 Å². The highest BCUT2D eigenvalue weighted by atomic mass is 15.1. The monoisotopic (exact) mass is 466 g/mol. The lowest BCUT2D eigenvalue weighted by Crippen LogP contribution is -2.35. The fourth-order valence-electron chi connectivity index (χ4n) is 5.48. The van der Waals surface area contributed by atoms with Crippen molar-refractivity contribution in [2.45, 2.75) is 65.8 Å². The van der Waals surface area contributed by atoms with E-state index in [1.165, 1.54) is 33.5 Å². The third-order valence-electron chi connectivity index (χ3n) is 7.20. The van der Waals surface area contributed by atoms with Gasteiger partial charge in [-0.1, -0.05) is 107 Å². The van der Waals surface area contributed by atoms with E-state index in [2.05, 4.69) is 112 Å². The minimum absolute atomic E-state index is 0.251. The van der Waals surface area contributed by atoms with Crippen molar-refractivity contribution in [3.8, 4) is 0 Å². The van der Waals surface area contributed by atoms with Crippen molar-refractivity contribution < 1.29 is 0 Å². The van der Waals surface area contributed by atoms with E-state index >= 15 is 0 Å². The van der Waals surface area contributed by atoms with Crippen LogP contribution in [-0.4, -0.2) is 24.0 Å². The highest BCUT2D eigenvalue weighted by Gasteiger charge is 2.24. The van der Waals surface area contributed by atoms with Crippen LogP contribution < -0.4 is 5.32 Å². The molecule has 2 aromatic carbocycles. The summed E-state index contributed by atoms with van der Waals surface area (Å²) in [4.78, 5) is 2.51. The molecule has 2 aromatic rings. The standard InChI is InChI=1S/C33H42N2/c1-7-29(34-24(2)23-33(4,5)6)22-25(3)35-20-18-28(19-21-35)32-30-14-10-8-12-26(30)16-17-27-13-9-11-15-31(27)32/h8-17,29,34H,2-3,7,18-23H2,1,4-6H3. The summed E-state index contributed by atoms with van der Waals surface area (Å²) in [5.74, 6) is 0. The number of rotatable bonds is 7. The van der Waals surface area contributed by atoms with E-state index in [4.69, 9.17) is 0 Å². The van der Waals surface area contributed by atoms with Crippen LogP contribution in [0.1, 0.15) is 82.1 Å². The number of likely N-dealkylation sites (tertiary alicyclic amines) is 1. The first-order valence-electron chi connectivity index (χ1n) is 13.2. The van der Waals surface area contributed by atoms with Gasteiger partial charge >= 0.3 is 0 Å². The lowest BCUT2D eigenvalue weighted by molar-refractivity contribution is 0.300. The van der Waals surface area contributed by atoms with Gasteiger partial charge < -0.3 is 10.2 Å². The Hall–Kier alpha value is -3.00. The van der Waals surface area contributed by atoms with Crippen LogP contribution in [0.15, 0.2) is 78.7 Å². The first-order valence-corrected chi connectivity index (χ1v) is 13.2. The number of hydrogen-bond acceptors (Lipinski definition) is 2. The smallest absolute Gasteiger partial charge is 0.0309 e. The lowest BCUT2D eigenvalue weighted by atomic mass is 9.86.